The number of piperidine rings is 1. The van der Waals surface area contributed by atoms with Crippen LogP contribution >= 0.6 is 0 Å². The van der Waals surface area contributed by atoms with Crippen LogP contribution in [0.1, 0.15) is 67.9 Å². The normalized spacial score (nSPS) is 34.1. The highest BCUT2D eigenvalue weighted by Crippen LogP contribution is 2.63. The van der Waals surface area contributed by atoms with E-state index in [1.807, 2.05) is 0 Å². The first kappa shape index (κ1) is 17.7. The van der Waals surface area contributed by atoms with Crippen molar-refractivity contribution >= 4 is 5.84 Å². The lowest BCUT2D eigenvalue weighted by Crippen LogP contribution is -2.39. The second-order valence-electron chi connectivity index (χ2n) is 9.85. The average molecular weight is 385 g/mol. The first-order chi connectivity index (χ1) is 14.3. The molecule has 2 saturated carbocycles. The lowest BCUT2D eigenvalue weighted by molar-refractivity contribution is 0.234. The van der Waals surface area contributed by atoms with Crippen LogP contribution in [0.25, 0.3) is 0 Å². The van der Waals surface area contributed by atoms with Crippen LogP contribution in [-0.4, -0.2) is 29.4 Å². The van der Waals surface area contributed by atoms with E-state index in [4.69, 9.17) is 4.99 Å². The fourth-order valence-electron chi connectivity index (χ4n) is 7.27. The summed E-state index contributed by atoms with van der Waals surface area (Å²) in [6, 6.07) is 22.5. The standard InChI is InChI=1S/C27H32N2/c1-3-7-20(8-4-1)21-14-17-29(18-15-21)25-13-16-27(28-25)24-12-11-23(19-24)26(27)22-9-5-2-6-10-22/h1-10,21,23-24,26H,11-19H2. The predicted octanol–water partition coefficient (Wildman–Crippen LogP) is 6.01. The second kappa shape index (κ2) is 7.00. The van der Waals surface area contributed by atoms with Crippen molar-refractivity contribution in [3.8, 4) is 0 Å². The Kier molecular flexibility index (Phi) is 4.29. The molecule has 2 aromatic carbocycles. The SMILES string of the molecule is c1ccc(C2CCN(C3=NC4(CC3)C3CCC(C3)C4c3ccccc3)CC2)cc1. The number of benzene rings is 2. The van der Waals surface area contributed by atoms with E-state index in [0.717, 1.165) is 17.8 Å². The van der Waals surface area contributed by atoms with E-state index in [9.17, 15) is 0 Å². The molecule has 2 bridgehead atoms. The van der Waals surface area contributed by atoms with Gasteiger partial charge in [-0.15, -0.1) is 0 Å². The van der Waals surface area contributed by atoms with Crippen LogP contribution in [0.4, 0.5) is 0 Å². The van der Waals surface area contributed by atoms with Gasteiger partial charge < -0.3 is 4.90 Å². The average Bonchev–Trinajstić information content (AvgIpc) is 3.51. The number of hydrogen-bond acceptors (Lipinski definition) is 2. The summed E-state index contributed by atoms with van der Waals surface area (Å²) < 4.78 is 0. The lowest BCUT2D eigenvalue weighted by atomic mass is 9.69. The summed E-state index contributed by atoms with van der Waals surface area (Å²) in [7, 11) is 0. The third-order valence-electron chi connectivity index (χ3n) is 8.57. The van der Waals surface area contributed by atoms with Gasteiger partial charge in [-0.05, 0) is 67.4 Å². The third kappa shape index (κ3) is 2.86. The lowest BCUT2D eigenvalue weighted by Gasteiger charge is -2.39. The number of amidine groups is 1. The summed E-state index contributed by atoms with van der Waals surface area (Å²) in [5, 5.41) is 0. The molecular formula is C27H32N2. The summed E-state index contributed by atoms with van der Waals surface area (Å²) in [6.07, 6.45) is 9.24. The van der Waals surface area contributed by atoms with Gasteiger partial charge in [0.05, 0.1) is 11.4 Å². The van der Waals surface area contributed by atoms with Crippen LogP contribution in [0.5, 0.6) is 0 Å². The Morgan fingerprint density at radius 3 is 2.21 bits per heavy atom. The number of nitrogens with zero attached hydrogens (tertiary/aromatic N) is 2. The fraction of sp³-hybridized carbons (Fsp3) is 0.519. The molecule has 2 nitrogen and oxygen atoms in total. The van der Waals surface area contributed by atoms with Gasteiger partial charge >= 0.3 is 0 Å². The minimum Gasteiger partial charge on any atom is -0.360 e. The molecule has 2 heterocycles. The van der Waals surface area contributed by atoms with Gasteiger partial charge in [-0.1, -0.05) is 60.7 Å². The molecule has 2 aromatic rings. The van der Waals surface area contributed by atoms with Gasteiger partial charge in [0.2, 0.25) is 0 Å². The molecule has 2 aliphatic heterocycles. The van der Waals surface area contributed by atoms with Crippen LogP contribution in [0.2, 0.25) is 0 Å². The van der Waals surface area contributed by atoms with Gasteiger partial charge in [0.15, 0.2) is 0 Å². The molecule has 0 aromatic heterocycles. The zero-order valence-electron chi connectivity index (χ0n) is 17.3. The number of hydrogen-bond donors (Lipinski definition) is 0. The molecule has 4 aliphatic rings. The molecule has 1 spiro atoms. The summed E-state index contributed by atoms with van der Waals surface area (Å²) in [4.78, 5) is 8.26. The van der Waals surface area contributed by atoms with E-state index in [-0.39, 0.29) is 5.54 Å². The smallest absolute Gasteiger partial charge is 0.0997 e. The van der Waals surface area contributed by atoms with E-state index in [1.165, 1.54) is 69.4 Å². The first-order valence-corrected chi connectivity index (χ1v) is 11.8. The van der Waals surface area contributed by atoms with Crippen LogP contribution in [0.15, 0.2) is 65.7 Å². The molecule has 1 saturated heterocycles. The topological polar surface area (TPSA) is 15.6 Å². The number of likely N-dealkylation sites (tertiary alicyclic amines) is 1. The highest BCUT2D eigenvalue weighted by atomic mass is 15.2. The van der Waals surface area contributed by atoms with E-state index in [1.54, 1.807) is 5.56 Å². The van der Waals surface area contributed by atoms with Crippen molar-refractivity contribution in [2.24, 2.45) is 16.8 Å². The molecule has 0 amide bonds. The number of aliphatic imine (C=N–C) groups is 1. The van der Waals surface area contributed by atoms with Crippen molar-refractivity contribution in [1.29, 1.82) is 0 Å². The molecular weight excluding hydrogens is 352 g/mol. The van der Waals surface area contributed by atoms with Gasteiger partial charge in [-0.3, -0.25) is 4.99 Å². The van der Waals surface area contributed by atoms with E-state index in [2.05, 4.69) is 65.6 Å². The number of fused-ring (bicyclic) bond motifs is 3. The van der Waals surface area contributed by atoms with Crippen molar-refractivity contribution in [2.45, 2.75) is 62.3 Å². The predicted molar refractivity (Wildman–Crippen MR) is 119 cm³/mol. The summed E-state index contributed by atoms with van der Waals surface area (Å²) in [5.74, 6) is 4.49. The van der Waals surface area contributed by atoms with Gasteiger partial charge in [-0.2, -0.15) is 0 Å². The Balaban J connectivity index is 1.23. The van der Waals surface area contributed by atoms with Gasteiger partial charge in [0.1, 0.15) is 0 Å². The Morgan fingerprint density at radius 2 is 1.48 bits per heavy atom. The Morgan fingerprint density at radius 1 is 0.793 bits per heavy atom. The molecule has 2 heteroatoms. The first-order valence-electron chi connectivity index (χ1n) is 11.8. The minimum atomic E-state index is 0.204. The molecule has 150 valence electrons. The van der Waals surface area contributed by atoms with E-state index in [0.29, 0.717) is 5.92 Å². The van der Waals surface area contributed by atoms with Crippen molar-refractivity contribution in [3.05, 3.63) is 71.8 Å². The molecule has 0 radical (unpaired) electrons. The summed E-state index contributed by atoms with van der Waals surface area (Å²) in [6.45, 7) is 2.36. The molecule has 6 rings (SSSR count). The maximum absolute atomic E-state index is 5.62. The molecule has 0 N–H and O–H groups in total. The van der Waals surface area contributed by atoms with E-state index >= 15 is 0 Å². The third-order valence-corrected chi connectivity index (χ3v) is 8.57. The highest BCUT2D eigenvalue weighted by molar-refractivity contribution is 5.85. The second-order valence-corrected chi connectivity index (χ2v) is 9.85. The minimum absolute atomic E-state index is 0.204. The maximum atomic E-state index is 5.62. The van der Waals surface area contributed by atoms with Crippen molar-refractivity contribution < 1.29 is 0 Å². The zero-order valence-corrected chi connectivity index (χ0v) is 17.3. The molecule has 4 unspecified atom stereocenters. The monoisotopic (exact) mass is 384 g/mol. The van der Waals surface area contributed by atoms with Crippen LogP contribution in [0.3, 0.4) is 0 Å². The maximum Gasteiger partial charge on any atom is 0.0997 e. The summed E-state index contributed by atoms with van der Waals surface area (Å²) >= 11 is 0. The molecule has 4 atom stereocenters. The zero-order chi connectivity index (χ0) is 19.3. The van der Waals surface area contributed by atoms with Gasteiger partial charge in [-0.25, -0.2) is 0 Å². The van der Waals surface area contributed by atoms with Crippen LogP contribution in [0, 0.1) is 11.8 Å². The molecule has 2 aliphatic carbocycles. The highest BCUT2D eigenvalue weighted by Gasteiger charge is 2.60. The molecule has 3 fully saturated rings. The van der Waals surface area contributed by atoms with Crippen molar-refractivity contribution in [3.63, 3.8) is 0 Å². The van der Waals surface area contributed by atoms with E-state index < -0.39 is 0 Å². The number of rotatable bonds is 2. The van der Waals surface area contributed by atoms with Crippen molar-refractivity contribution in [1.82, 2.24) is 4.90 Å². The largest absolute Gasteiger partial charge is 0.360 e. The van der Waals surface area contributed by atoms with Gasteiger partial charge in [0.25, 0.3) is 0 Å². The van der Waals surface area contributed by atoms with Crippen LogP contribution in [-0.2, 0) is 0 Å². The quantitative estimate of drug-likeness (QED) is 0.619. The van der Waals surface area contributed by atoms with Gasteiger partial charge in [0, 0.05) is 25.4 Å². The molecule has 29 heavy (non-hydrogen) atoms. The van der Waals surface area contributed by atoms with Crippen LogP contribution < -0.4 is 0 Å². The Bertz CT molecular complexity index is 881. The Labute approximate surface area is 175 Å². The fourth-order valence-corrected chi connectivity index (χ4v) is 7.27. The van der Waals surface area contributed by atoms with Crippen molar-refractivity contribution in [2.75, 3.05) is 13.1 Å². The Hall–Kier alpha value is -2.09. The summed E-state index contributed by atoms with van der Waals surface area (Å²) in [5.41, 5.74) is 3.28.